The Balaban J connectivity index is 2.36. The van der Waals surface area contributed by atoms with Gasteiger partial charge in [0.2, 0.25) is 0 Å². The fourth-order valence-corrected chi connectivity index (χ4v) is 2.00. The molecule has 0 atom stereocenters. The van der Waals surface area contributed by atoms with E-state index in [0.29, 0.717) is 30.0 Å². The van der Waals surface area contributed by atoms with Crippen molar-refractivity contribution in [2.45, 2.75) is 12.8 Å². The SMILES string of the molecule is C#CCN(CC1CC1)c1ccc(C=O)cc1[N+](=O)[O-]. The molecule has 0 radical (unpaired) electrons. The maximum atomic E-state index is 11.1. The van der Waals surface area contributed by atoms with Gasteiger partial charge in [-0.15, -0.1) is 6.42 Å². The molecule has 1 aromatic carbocycles. The molecule has 0 N–H and O–H groups in total. The summed E-state index contributed by atoms with van der Waals surface area (Å²) in [6.45, 7) is 1.06. The first-order valence-corrected chi connectivity index (χ1v) is 6.07. The Bertz CT molecular complexity index is 544. The van der Waals surface area contributed by atoms with Crippen LogP contribution in [-0.4, -0.2) is 24.3 Å². The molecule has 0 amide bonds. The Labute approximate surface area is 111 Å². The second-order valence-corrected chi connectivity index (χ2v) is 4.65. The quantitative estimate of drug-likeness (QED) is 0.340. The van der Waals surface area contributed by atoms with Gasteiger partial charge in [0.25, 0.3) is 5.69 Å². The van der Waals surface area contributed by atoms with Crippen LogP contribution in [-0.2, 0) is 0 Å². The minimum absolute atomic E-state index is 0.0690. The van der Waals surface area contributed by atoms with Crippen molar-refractivity contribution in [3.63, 3.8) is 0 Å². The molecule has 0 aliphatic heterocycles. The monoisotopic (exact) mass is 258 g/mol. The highest BCUT2D eigenvalue weighted by Gasteiger charge is 2.27. The van der Waals surface area contributed by atoms with Crippen LogP contribution in [0.4, 0.5) is 11.4 Å². The first-order chi connectivity index (χ1) is 9.15. The summed E-state index contributed by atoms with van der Waals surface area (Å²) in [4.78, 5) is 23.2. The number of nitro groups is 1. The number of nitrogens with zero attached hydrogens (tertiary/aromatic N) is 2. The number of nitro benzene ring substituents is 1. The highest BCUT2D eigenvalue weighted by atomic mass is 16.6. The topological polar surface area (TPSA) is 63.5 Å². The average molecular weight is 258 g/mol. The zero-order chi connectivity index (χ0) is 13.8. The van der Waals surface area contributed by atoms with Gasteiger partial charge in [0, 0.05) is 18.2 Å². The van der Waals surface area contributed by atoms with Gasteiger partial charge < -0.3 is 4.90 Å². The maximum absolute atomic E-state index is 11.1. The van der Waals surface area contributed by atoms with Gasteiger partial charge in [0.1, 0.15) is 12.0 Å². The fourth-order valence-electron chi connectivity index (χ4n) is 2.00. The minimum atomic E-state index is -0.473. The maximum Gasteiger partial charge on any atom is 0.293 e. The third kappa shape index (κ3) is 3.10. The first-order valence-electron chi connectivity index (χ1n) is 6.07. The molecule has 1 aliphatic carbocycles. The van der Waals surface area contributed by atoms with Crippen LogP contribution in [0, 0.1) is 28.4 Å². The van der Waals surface area contributed by atoms with Gasteiger partial charge in [0.15, 0.2) is 0 Å². The number of hydrogen-bond donors (Lipinski definition) is 0. The van der Waals surface area contributed by atoms with Crippen LogP contribution in [0.3, 0.4) is 0 Å². The summed E-state index contributed by atoms with van der Waals surface area (Å²) in [5, 5.41) is 11.1. The number of anilines is 1. The molecule has 0 spiro atoms. The van der Waals surface area contributed by atoms with E-state index in [1.165, 1.54) is 6.07 Å². The van der Waals surface area contributed by atoms with Crippen molar-refractivity contribution in [3.8, 4) is 12.3 Å². The third-order valence-electron chi connectivity index (χ3n) is 3.13. The Hall–Kier alpha value is -2.35. The molecule has 5 heteroatoms. The van der Waals surface area contributed by atoms with Crippen molar-refractivity contribution in [1.82, 2.24) is 0 Å². The molecule has 0 saturated heterocycles. The molecule has 5 nitrogen and oxygen atoms in total. The number of aldehydes is 1. The van der Waals surface area contributed by atoms with Crippen LogP contribution >= 0.6 is 0 Å². The van der Waals surface area contributed by atoms with Gasteiger partial charge in [-0.3, -0.25) is 14.9 Å². The molecule has 1 fully saturated rings. The van der Waals surface area contributed by atoms with Crippen molar-refractivity contribution >= 4 is 17.7 Å². The summed E-state index contributed by atoms with van der Waals surface area (Å²) in [5.74, 6) is 3.10. The van der Waals surface area contributed by atoms with E-state index in [-0.39, 0.29) is 5.69 Å². The van der Waals surface area contributed by atoms with Crippen molar-refractivity contribution in [2.24, 2.45) is 5.92 Å². The summed E-state index contributed by atoms with van der Waals surface area (Å²) in [6, 6.07) is 4.46. The standard InChI is InChI=1S/C14H14N2O3/c1-2-7-15(9-11-3-4-11)13-6-5-12(10-17)8-14(13)16(18)19/h1,5-6,8,10-11H,3-4,7,9H2. The number of carbonyl (C=O) groups is 1. The molecule has 1 aromatic rings. The van der Waals surface area contributed by atoms with Crippen LogP contribution in [0.25, 0.3) is 0 Å². The van der Waals surface area contributed by atoms with Gasteiger partial charge >= 0.3 is 0 Å². The predicted octanol–water partition coefficient (Wildman–Crippen LogP) is 2.26. The largest absolute Gasteiger partial charge is 0.355 e. The van der Waals surface area contributed by atoms with E-state index in [1.54, 1.807) is 12.1 Å². The molecule has 2 rings (SSSR count). The normalized spacial score (nSPS) is 13.6. The zero-order valence-electron chi connectivity index (χ0n) is 10.4. The van der Waals surface area contributed by atoms with Crippen LogP contribution in [0.5, 0.6) is 0 Å². The summed E-state index contributed by atoms with van der Waals surface area (Å²) in [6.07, 6.45) is 8.21. The Kier molecular flexibility index (Phi) is 3.81. The second kappa shape index (κ2) is 5.53. The van der Waals surface area contributed by atoms with E-state index < -0.39 is 4.92 Å². The number of carbonyl (C=O) groups excluding carboxylic acids is 1. The number of benzene rings is 1. The zero-order valence-corrected chi connectivity index (χ0v) is 10.4. The van der Waals surface area contributed by atoms with Crippen LogP contribution in [0.2, 0.25) is 0 Å². The van der Waals surface area contributed by atoms with E-state index in [1.807, 2.05) is 4.90 Å². The third-order valence-corrected chi connectivity index (χ3v) is 3.13. The van der Waals surface area contributed by atoms with E-state index in [2.05, 4.69) is 5.92 Å². The lowest BCUT2D eigenvalue weighted by Gasteiger charge is -2.22. The fraction of sp³-hybridized carbons (Fsp3) is 0.357. The Morgan fingerprint density at radius 3 is 2.79 bits per heavy atom. The number of rotatable bonds is 6. The van der Waals surface area contributed by atoms with Crippen LogP contribution in [0.1, 0.15) is 23.2 Å². The lowest BCUT2D eigenvalue weighted by atomic mass is 10.1. The molecule has 0 bridgehead atoms. The van der Waals surface area contributed by atoms with Crippen molar-refractivity contribution in [3.05, 3.63) is 33.9 Å². The molecular formula is C14H14N2O3. The van der Waals surface area contributed by atoms with E-state index in [9.17, 15) is 14.9 Å². The number of terminal acetylenes is 1. The molecular weight excluding hydrogens is 244 g/mol. The average Bonchev–Trinajstić information content (AvgIpc) is 3.21. The van der Waals surface area contributed by atoms with Crippen molar-refractivity contribution in [1.29, 1.82) is 0 Å². The van der Waals surface area contributed by atoms with Gasteiger partial charge in [-0.1, -0.05) is 5.92 Å². The molecule has 0 heterocycles. The van der Waals surface area contributed by atoms with Crippen LogP contribution in [0.15, 0.2) is 18.2 Å². The Morgan fingerprint density at radius 2 is 2.26 bits per heavy atom. The summed E-state index contributed by atoms with van der Waals surface area (Å²) < 4.78 is 0. The molecule has 19 heavy (non-hydrogen) atoms. The van der Waals surface area contributed by atoms with Gasteiger partial charge in [-0.2, -0.15) is 0 Å². The molecule has 1 aliphatic rings. The molecule has 0 aromatic heterocycles. The highest BCUT2D eigenvalue weighted by molar-refractivity contribution is 5.79. The van der Waals surface area contributed by atoms with Crippen molar-refractivity contribution < 1.29 is 9.72 Å². The lowest BCUT2D eigenvalue weighted by Crippen LogP contribution is -2.26. The van der Waals surface area contributed by atoms with Crippen molar-refractivity contribution in [2.75, 3.05) is 18.0 Å². The lowest BCUT2D eigenvalue weighted by molar-refractivity contribution is -0.384. The van der Waals surface area contributed by atoms with Gasteiger partial charge in [-0.05, 0) is 30.9 Å². The predicted molar refractivity (Wildman–Crippen MR) is 72.3 cm³/mol. The summed E-state index contributed by atoms with van der Waals surface area (Å²) in [5.41, 5.74) is 0.712. The smallest absolute Gasteiger partial charge is 0.293 e. The van der Waals surface area contributed by atoms with E-state index in [4.69, 9.17) is 6.42 Å². The summed E-state index contributed by atoms with van der Waals surface area (Å²) in [7, 11) is 0. The molecule has 98 valence electrons. The summed E-state index contributed by atoms with van der Waals surface area (Å²) >= 11 is 0. The molecule has 1 saturated carbocycles. The van der Waals surface area contributed by atoms with Gasteiger partial charge in [0.05, 0.1) is 11.5 Å². The number of hydrogen-bond acceptors (Lipinski definition) is 4. The van der Waals surface area contributed by atoms with E-state index >= 15 is 0 Å². The molecule has 0 unspecified atom stereocenters. The second-order valence-electron chi connectivity index (χ2n) is 4.65. The first kappa shape index (κ1) is 13.1. The minimum Gasteiger partial charge on any atom is -0.355 e. The van der Waals surface area contributed by atoms with Crippen LogP contribution < -0.4 is 4.90 Å². The van der Waals surface area contributed by atoms with E-state index in [0.717, 1.165) is 19.4 Å². The van der Waals surface area contributed by atoms with Gasteiger partial charge in [-0.25, -0.2) is 0 Å². The Morgan fingerprint density at radius 1 is 1.53 bits per heavy atom. The highest BCUT2D eigenvalue weighted by Crippen LogP contribution is 2.34.